The van der Waals surface area contributed by atoms with Crippen molar-refractivity contribution in [1.82, 2.24) is 9.97 Å². The zero-order chi connectivity index (χ0) is 11.4. The van der Waals surface area contributed by atoms with E-state index in [4.69, 9.17) is 0 Å². The summed E-state index contributed by atoms with van der Waals surface area (Å²) in [5.74, 6) is 0.276. The topological polar surface area (TPSA) is 54.9 Å². The molecule has 0 fully saturated rings. The van der Waals surface area contributed by atoms with Crippen molar-refractivity contribution in [3.8, 4) is 0 Å². The first-order chi connectivity index (χ1) is 7.75. The number of hydrogen-bond donors (Lipinski definition) is 1. The van der Waals surface area contributed by atoms with Crippen molar-refractivity contribution in [3.05, 3.63) is 54.0 Å². The zero-order valence-electron chi connectivity index (χ0n) is 8.84. The monoisotopic (exact) mass is 213 g/mol. The highest BCUT2D eigenvalue weighted by Crippen LogP contribution is 2.05. The van der Waals surface area contributed by atoms with E-state index in [1.54, 1.807) is 36.7 Å². The van der Waals surface area contributed by atoms with E-state index in [2.05, 4.69) is 15.3 Å². The first-order valence-corrected chi connectivity index (χ1v) is 4.91. The van der Waals surface area contributed by atoms with Gasteiger partial charge in [0.2, 0.25) is 0 Å². The molecule has 0 radical (unpaired) electrons. The van der Waals surface area contributed by atoms with Crippen LogP contribution in [0.2, 0.25) is 0 Å². The molecule has 2 rings (SSSR count). The molecular weight excluding hydrogens is 202 g/mol. The third kappa shape index (κ3) is 2.42. The van der Waals surface area contributed by atoms with E-state index in [-0.39, 0.29) is 5.91 Å². The Bertz CT molecular complexity index is 479. The van der Waals surface area contributed by atoms with E-state index in [0.717, 1.165) is 5.56 Å². The summed E-state index contributed by atoms with van der Waals surface area (Å²) in [5, 5.41) is 2.67. The summed E-state index contributed by atoms with van der Waals surface area (Å²) in [6.07, 6.45) is 3.28. The lowest BCUT2D eigenvalue weighted by atomic mass is 10.3. The molecule has 0 aliphatic heterocycles. The molecule has 2 heterocycles. The molecule has 0 spiro atoms. The van der Waals surface area contributed by atoms with Gasteiger partial charge in [0.15, 0.2) is 0 Å². The summed E-state index contributed by atoms with van der Waals surface area (Å²) >= 11 is 0. The molecule has 80 valence electrons. The molecule has 1 N–H and O–H groups in total. The standard InChI is InChI=1S/C12H11N3O/c1-9-5-6-11(14-8-9)15-12(16)10-4-2-3-7-13-10/h2-8H,1H3,(H,14,15,16). The fourth-order valence-electron chi connectivity index (χ4n) is 1.22. The van der Waals surface area contributed by atoms with Gasteiger partial charge in [0.05, 0.1) is 0 Å². The predicted octanol–water partition coefficient (Wildman–Crippen LogP) is 2.04. The van der Waals surface area contributed by atoms with Crippen LogP contribution < -0.4 is 5.32 Å². The maximum atomic E-state index is 11.7. The van der Waals surface area contributed by atoms with Crippen LogP contribution >= 0.6 is 0 Å². The van der Waals surface area contributed by atoms with Crippen LogP contribution in [0.4, 0.5) is 5.82 Å². The maximum absolute atomic E-state index is 11.7. The van der Waals surface area contributed by atoms with Gasteiger partial charge in [-0.1, -0.05) is 12.1 Å². The molecular formula is C12H11N3O. The number of aryl methyl sites for hydroxylation is 1. The van der Waals surface area contributed by atoms with Crippen LogP contribution in [0.3, 0.4) is 0 Å². The quantitative estimate of drug-likeness (QED) is 0.830. The molecule has 0 bridgehead atoms. The van der Waals surface area contributed by atoms with E-state index in [1.165, 1.54) is 0 Å². The first kappa shape index (κ1) is 10.3. The van der Waals surface area contributed by atoms with Crippen molar-refractivity contribution in [3.63, 3.8) is 0 Å². The van der Waals surface area contributed by atoms with Crippen molar-refractivity contribution >= 4 is 11.7 Å². The Morgan fingerprint density at radius 2 is 2.06 bits per heavy atom. The summed E-state index contributed by atoms with van der Waals surface area (Å²) in [6.45, 7) is 1.94. The molecule has 2 aromatic rings. The number of carbonyl (C=O) groups excluding carboxylic acids is 1. The van der Waals surface area contributed by atoms with Crippen LogP contribution in [0.1, 0.15) is 16.1 Å². The van der Waals surface area contributed by atoms with E-state index >= 15 is 0 Å². The second-order valence-electron chi connectivity index (χ2n) is 3.39. The van der Waals surface area contributed by atoms with Gasteiger partial charge in [-0.05, 0) is 30.7 Å². The van der Waals surface area contributed by atoms with E-state index in [0.29, 0.717) is 11.5 Å². The third-order valence-corrected chi connectivity index (χ3v) is 2.05. The molecule has 4 heteroatoms. The lowest BCUT2D eigenvalue weighted by Crippen LogP contribution is -2.14. The van der Waals surface area contributed by atoms with Crippen molar-refractivity contribution in [2.45, 2.75) is 6.92 Å². The molecule has 0 saturated heterocycles. The van der Waals surface area contributed by atoms with Crippen LogP contribution in [0, 0.1) is 6.92 Å². The minimum absolute atomic E-state index is 0.253. The van der Waals surface area contributed by atoms with Gasteiger partial charge in [-0.15, -0.1) is 0 Å². The Hall–Kier alpha value is -2.23. The number of pyridine rings is 2. The van der Waals surface area contributed by atoms with E-state index in [9.17, 15) is 4.79 Å². The molecule has 0 aliphatic rings. The summed E-state index contributed by atoms with van der Waals surface area (Å²) < 4.78 is 0. The molecule has 0 atom stereocenters. The number of hydrogen-bond acceptors (Lipinski definition) is 3. The molecule has 16 heavy (non-hydrogen) atoms. The molecule has 0 saturated carbocycles. The second kappa shape index (κ2) is 4.53. The van der Waals surface area contributed by atoms with Gasteiger partial charge in [-0.3, -0.25) is 9.78 Å². The number of aromatic nitrogens is 2. The van der Waals surface area contributed by atoms with E-state index < -0.39 is 0 Å². The molecule has 0 aliphatic carbocycles. The molecule has 0 unspecified atom stereocenters. The van der Waals surface area contributed by atoms with E-state index in [1.807, 2.05) is 13.0 Å². The summed E-state index contributed by atoms with van der Waals surface area (Å²) in [4.78, 5) is 19.7. The van der Waals surface area contributed by atoms with Gasteiger partial charge in [0.25, 0.3) is 5.91 Å². The number of anilines is 1. The predicted molar refractivity (Wildman–Crippen MR) is 61.2 cm³/mol. The Morgan fingerprint density at radius 1 is 1.19 bits per heavy atom. The zero-order valence-corrected chi connectivity index (χ0v) is 8.84. The Morgan fingerprint density at radius 3 is 2.69 bits per heavy atom. The highest BCUT2D eigenvalue weighted by molar-refractivity contribution is 6.02. The molecule has 0 aromatic carbocycles. The van der Waals surface area contributed by atoms with Crippen molar-refractivity contribution < 1.29 is 4.79 Å². The normalized spacial score (nSPS) is 9.81. The van der Waals surface area contributed by atoms with Crippen LogP contribution in [-0.2, 0) is 0 Å². The average molecular weight is 213 g/mol. The van der Waals surface area contributed by atoms with Gasteiger partial charge in [0.1, 0.15) is 11.5 Å². The first-order valence-electron chi connectivity index (χ1n) is 4.91. The molecule has 4 nitrogen and oxygen atoms in total. The SMILES string of the molecule is Cc1ccc(NC(=O)c2ccccn2)nc1. The second-order valence-corrected chi connectivity index (χ2v) is 3.39. The largest absolute Gasteiger partial charge is 0.305 e. The fraction of sp³-hybridized carbons (Fsp3) is 0.0833. The number of nitrogens with one attached hydrogen (secondary N) is 1. The summed E-state index contributed by atoms with van der Waals surface area (Å²) in [7, 11) is 0. The van der Waals surface area contributed by atoms with Crippen LogP contribution in [-0.4, -0.2) is 15.9 Å². The highest BCUT2D eigenvalue weighted by atomic mass is 16.1. The minimum Gasteiger partial charge on any atom is -0.305 e. The average Bonchev–Trinajstić information content (AvgIpc) is 2.33. The number of rotatable bonds is 2. The van der Waals surface area contributed by atoms with Gasteiger partial charge in [0, 0.05) is 12.4 Å². The molecule has 2 aromatic heterocycles. The van der Waals surface area contributed by atoms with Crippen LogP contribution in [0.25, 0.3) is 0 Å². The number of nitrogens with zero attached hydrogens (tertiary/aromatic N) is 2. The fourth-order valence-corrected chi connectivity index (χ4v) is 1.22. The van der Waals surface area contributed by atoms with Crippen molar-refractivity contribution in [2.75, 3.05) is 5.32 Å². The summed E-state index contributed by atoms with van der Waals surface area (Å²) in [6, 6.07) is 8.84. The van der Waals surface area contributed by atoms with Crippen molar-refractivity contribution in [1.29, 1.82) is 0 Å². The number of amides is 1. The number of carbonyl (C=O) groups is 1. The third-order valence-electron chi connectivity index (χ3n) is 2.05. The Kier molecular flexibility index (Phi) is 2.91. The lowest BCUT2D eigenvalue weighted by molar-refractivity contribution is 0.102. The highest BCUT2D eigenvalue weighted by Gasteiger charge is 2.06. The maximum Gasteiger partial charge on any atom is 0.275 e. The van der Waals surface area contributed by atoms with Crippen LogP contribution in [0.5, 0.6) is 0 Å². The smallest absolute Gasteiger partial charge is 0.275 e. The lowest BCUT2D eigenvalue weighted by Gasteiger charge is -2.03. The van der Waals surface area contributed by atoms with Gasteiger partial charge < -0.3 is 5.32 Å². The van der Waals surface area contributed by atoms with Gasteiger partial charge in [-0.2, -0.15) is 0 Å². The Balaban J connectivity index is 2.11. The molecule has 1 amide bonds. The van der Waals surface area contributed by atoms with Crippen molar-refractivity contribution in [2.24, 2.45) is 0 Å². The van der Waals surface area contributed by atoms with Gasteiger partial charge in [-0.25, -0.2) is 4.98 Å². The van der Waals surface area contributed by atoms with Crippen LogP contribution in [0.15, 0.2) is 42.7 Å². The van der Waals surface area contributed by atoms with Gasteiger partial charge >= 0.3 is 0 Å². The summed E-state index contributed by atoms with van der Waals surface area (Å²) in [5.41, 5.74) is 1.43. The minimum atomic E-state index is -0.253. The Labute approximate surface area is 93.4 Å².